The molecule has 5 nitrogen and oxygen atoms in total. The van der Waals surface area contributed by atoms with Gasteiger partial charge in [0.15, 0.2) is 9.84 Å². The third-order valence-electron chi connectivity index (χ3n) is 3.38. The summed E-state index contributed by atoms with van der Waals surface area (Å²) in [5.41, 5.74) is 2.05. The molecular formula is C16H20BNO4S. The summed E-state index contributed by atoms with van der Waals surface area (Å²) in [7, 11) is -1.16. The van der Waals surface area contributed by atoms with Crippen LogP contribution >= 0.6 is 0 Å². The van der Waals surface area contributed by atoms with Crippen molar-refractivity contribution in [3.8, 4) is 0 Å². The first-order valence-electron chi connectivity index (χ1n) is 7.19. The summed E-state index contributed by atoms with van der Waals surface area (Å²) in [6.45, 7) is 0.747. The lowest BCUT2D eigenvalue weighted by atomic mass is 9.81. The predicted octanol–water partition coefficient (Wildman–Crippen LogP) is 0.402. The van der Waals surface area contributed by atoms with E-state index in [0.29, 0.717) is 0 Å². The van der Waals surface area contributed by atoms with Gasteiger partial charge in [-0.3, -0.25) is 0 Å². The Kier molecular flexibility index (Phi) is 5.59. The first-order chi connectivity index (χ1) is 10.8. The van der Waals surface area contributed by atoms with E-state index in [1.807, 2.05) is 37.2 Å². The van der Waals surface area contributed by atoms with E-state index in [1.165, 1.54) is 24.3 Å². The van der Waals surface area contributed by atoms with E-state index in [2.05, 4.69) is 0 Å². The lowest BCUT2D eigenvalue weighted by Crippen LogP contribution is -2.29. The predicted molar refractivity (Wildman–Crippen MR) is 91.0 cm³/mol. The highest BCUT2D eigenvalue weighted by Gasteiger charge is 2.17. The van der Waals surface area contributed by atoms with Crippen molar-refractivity contribution in [2.45, 2.75) is 17.2 Å². The minimum atomic E-state index is -3.48. The standard InChI is InChI=1S/C16H20BNO4S/c1-18(2)11-13-4-3-5-14(10-13)12-23(21,22)16-8-6-15(7-9-16)17(19)20/h3-10,19-20H,11-12H2,1-2H3. The Morgan fingerprint density at radius 2 is 1.61 bits per heavy atom. The van der Waals surface area contributed by atoms with Crippen LogP contribution in [-0.4, -0.2) is 44.6 Å². The van der Waals surface area contributed by atoms with Crippen molar-refractivity contribution in [3.63, 3.8) is 0 Å². The zero-order valence-electron chi connectivity index (χ0n) is 13.2. The average Bonchev–Trinajstić information content (AvgIpc) is 2.46. The van der Waals surface area contributed by atoms with E-state index in [4.69, 9.17) is 10.0 Å². The molecule has 0 unspecified atom stereocenters. The van der Waals surface area contributed by atoms with Crippen molar-refractivity contribution in [2.24, 2.45) is 0 Å². The van der Waals surface area contributed by atoms with Crippen LogP contribution in [0.5, 0.6) is 0 Å². The molecule has 0 saturated carbocycles. The fourth-order valence-corrected chi connectivity index (χ4v) is 3.67. The zero-order chi connectivity index (χ0) is 17.0. The Labute approximate surface area is 137 Å². The van der Waals surface area contributed by atoms with E-state index >= 15 is 0 Å². The molecule has 0 radical (unpaired) electrons. The minimum Gasteiger partial charge on any atom is -0.423 e. The fourth-order valence-electron chi connectivity index (χ4n) is 2.33. The van der Waals surface area contributed by atoms with Gasteiger partial charge in [0.25, 0.3) is 0 Å². The van der Waals surface area contributed by atoms with Crippen molar-refractivity contribution in [1.29, 1.82) is 0 Å². The van der Waals surface area contributed by atoms with Gasteiger partial charge in [-0.1, -0.05) is 36.4 Å². The minimum absolute atomic E-state index is 0.0880. The van der Waals surface area contributed by atoms with Gasteiger partial charge in [0.2, 0.25) is 0 Å². The Morgan fingerprint density at radius 1 is 1.00 bits per heavy atom. The molecule has 0 heterocycles. The topological polar surface area (TPSA) is 77.8 Å². The summed E-state index contributed by atoms with van der Waals surface area (Å²) in [5.74, 6) is -0.0880. The monoisotopic (exact) mass is 333 g/mol. The molecule has 0 bridgehead atoms. The molecule has 2 N–H and O–H groups in total. The molecule has 0 aliphatic heterocycles. The normalized spacial score (nSPS) is 11.7. The number of nitrogens with zero attached hydrogens (tertiary/aromatic N) is 1. The van der Waals surface area contributed by atoms with E-state index in [-0.39, 0.29) is 16.1 Å². The molecule has 7 heteroatoms. The molecule has 0 aromatic heterocycles. The second-order valence-corrected chi connectivity index (χ2v) is 7.75. The molecule has 0 amide bonds. The van der Waals surface area contributed by atoms with Crippen LogP contribution in [0, 0.1) is 0 Å². The quantitative estimate of drug-likeness (QED) is 0.749. The summed E-state index contributed by atoms with van der Waals surface area (Å²) in [4.78, 5) is 2.19. The zero-order valence-corrected chi connectivity index (χ0v) is 14.0. The van der Waals surface area contributed by atoms with Gasteiger partial charge in [0.05, 0.1) is 10.6 Å². The Morgan fingerprint density at radius 3 is 2.17 bits per heavy atom. The molecule has 0 aliphatic rings. The maximum absolute atomic E-state index is 12.5. The number of rotatable bonds is 6. The Bertz CT molecular complexity index is 758. The van der Waals surface area contributed by atoms with E-state index in [0.717, 1.165) is 17.7 Å². The second-order valence-electron chi connectivity index (χ2n) is 5.76. The van der Waals surface area contributed by atoms with Crippen LogP contribution in [0.25, 0.3) is 0 Å². The number of sulfone groups is 1. The highest BCUT2D eigenvalue weighted by molar-refractivity contribution is 7.90. The van der Waals surface area contributed by atoms with E-state index < -0.39 is 17.0 Å². The first kappa shape index (κ1) is 17.7. The number of hydrogen-bond acceptors (Lipinski definition) is 5. The van der Waals surface area contributed by atoms with Gasteiger partial charge in [0.1, 0.15) is 0 Å². The molecule has 23 heavy (non-hydrogen) atoms. The van der Waals surface area contributed by atoms with Crippen LogP contribution in [0.4, 0.5) is 0 Å². The van der Waals surface area contributed by atoms with Crippen molar-refractivity contribution in [3.05, 3.63) is 59.7 Å². The highest BCUT2D eigenvalue weighted by Crippen LogP contribution is 2.17. The molecule has 2 aromatic rings. The summed E-state index contributed by atoms with van der Waals surface area (Å²) in [6, 6.07) is 13.1. The third-order valence-corrected chi connectivity index (χ3v) is 5.09. The van der Waals surface area contributed by atoms with Crippen LogP contribution < -0.4 is 5.46 Å². The number of hydrogen-bond donors (Lipinski definition) is 2. The van der Waals surface area contributed by atoms with Gasteiger partial charge < -0.3 is 14.9 Å². The Balaban J connectivity index is 2.20. The van der Waals surface area contributed by atoms with Crippen LogP contribution in [0.15, 0.2) is 53.4 Å². The van der Waals surface area contributed by atoms with Gasteiger partial charge in [-0.15, -0.1) is 0 Å². The molecule has 0 spiro atoms. The smallest absolute Gasteiger partial charge is 0.423 e. The van der Waals surface area contributed by atoms with Crippen molar-refractivity contribution in [2.75, 3.05) is 14.1 Å². The molecule has 2 rings (SSSR count). The van der Waals surface area contributed by atoms with Crippen molar-refractivity contribution in [1.82, 2.24) is 4.90 Å². The van der Waals surface area contributed by atoms with Crippen LogP contribution in [0.1, 0.15) is 11.1 Å². The third kappa shape index (κ3) is 4.90. The van der Waals surface area contributed by atoms with Crippen LogP contribution in [-0.2, 0) is 22.1 Å². The SMILES string of the molecule is CN(C)Cc1cccc(CS(=O)(=O)c2ccc(B(O)O)cc2)c1. The van der Waals surface area contributed by atoms with Crippen molar-refractivity contribution >= 4 is 22.4 Å². The molecule has 0 fully saturated rings. The van der Waals surface area contributed by atoms with Gasteiger partial charge in [-0.05, 0) is 42.8 Å². The molecule has 122 valence electrons. The maximum Gasteiger partial charge on any atom is 0.488 e. The van der Waals surface area contributed by atoms with Crippen LogP contribution in [0.2, 0.25) is 0 Å². The van der Waals surface area contributed by atoms with Gasteiger partial charge >= 0.3 is 7.12 Å². The first-order valence-corrected chi connectivity index (χ1v) is 8.84. The second kappa shape index (κ2) is 7.27. The summed E-state index contributed by atoms with van der Waals surface area (Å²) in [5, 5.41) is 18.1. The highest BCUT2D eigenvalue weighted by atomic mass is 32.2. The summed E-state index contributed by atoms with van der Waals surface area (Å²) >= 11 is 0. The molecule has 0 saturated heterocycles. The maximum atomic E-state index is 12.5. The lowest BCUT2D eigenvalue weighted by Gasteiger charge is -2.11. The Hall–Kier alpha value is -1.67. The lowest BCUT2D eigenvalue weighted by molar-refractivity contribution is 0.402. The van der Waals surface area contributed by atoms with Crippen molar-refractivity contribution < 1.29 is 18.5 Å². The molecule has 0 atom stereocenters. The molecular weight excluding hydrogens is 313 g/mol. The van der Waals surface area contributed by atoms with E-state index in [9.17, 15) is 8.42 Å². The van der Waals surface area contributed by atoms with Crippen LogP contribution in [0.3, 0.4) is 0 Å². The number of benzene rings is 2. The summed E-state index contributed by atoms with van der Waals surface area (Å²) < 4.78 is 25.0. The van der Waals surface area contributed by atoms with Gasteiger partial charge in [-0.2, -0.15) is 0 Å². The largest absolute Gasteiger partial charge is 0.488 e. The molecule has 0 aliphatic carbocycles. The average molecular weight is 333 g/mol. The van der Waals surface area contributed by atoms with Gasteiger partial charge in [-0.25, -0.2) is 8.42 Å². The fraction of sp³-hybridized carbons (Fsp3) is 0.250. The molecule has 2 aromatic carbocycles. The van der Waals surface area contributed by atoms with Gasteiger partial charge in [0, 0.05) is 6.54 Å². The van der Waals surface area contributed by atoms with E-state index in [1.54, 1.807) is 6.07 Å². The summed E-state index contributed by atoms with van der Waals surface area (Å²) in [6.07, 6.45) is 0.